The number of carboxylic acid groups (broad SMARTS) is 1. The van der Waals surface area contributed by atoms with Gasteiger partial charge in [0.15, 0.2) is 0 Å². The van der Waals surface area contributed by atoms with Crippen LogP contribution in [0.1, 0.15) is 41.0 Å². The molecule has 0 spiro atoms. The molecule has 17 heavy (non-hydrogen) atoms. The second-order valence-corrected chi connectivity index (χ2v) is 4.75. The monoisotopic (exact) mass is 348 g/mol. The largest absolute Gasteiger partial charge is 0.478 e. The van der Waals surface area contributed by atoms with E-state index in [1.165, 1.54) is 6.07 Å². The molecule has 0 bridgehead atoms. The molecule has 92 valence electrons. The zero-order chi connectivity index (χ0) is 13.0. The number of benzene rings is 1. The van der Waals surface area contributed by atoms with Gasteiger partial charge in [0.1, 0.15) is 0 Å². The summed E-state index contributed by atoms with van der Waals surface area (Å²) in [7, 11) is 0. The van der Waals surface area contributed by atoms with Crippen LogP contribution >= 0.6 is 22.6 Å². The van der Waals surface area contributed by atoms with Gasteiger partial charge < -0.3 is 9.84 Å². The molecule has 0 heterocycles. The minimum Gasteiger partial charge on any atom is -0.478 e. The molecular formula is C12H13IO4. The van der Waals surface area contributed by atoms with Crippen molar-refractivity contribution in [1.29, 1.82) is 0 Å². The average Bonchev–Trinajstić information content (AvgIpc) is 2.27. The molecule has 0 amide bonds. The van der Waals surface area contributed by atoms with E-state index in [2.05, 4.69) is 0 Å². The molecule has 1 aromatic carbocycles. The van der Waals surface area contributed by atoms with E-state index in [4.69, 9.17) is 9.84 Å². The summed E-state index contributed by atoms with van der Waals surface area (Å²) in [5, 5.41) is 9.07. The predicted octanol–water partition coefficient (Wildman–Crippen LogP) is 2.94. The van der Waals surface area contributed by atoms with Crippen molar-refractivity contribution in [3.05, 3.63) is 32.9 Å². The van der Waals surface area contributed by atoms with E-state index in [-0.39, 0.29) is 17.2 Å². The van der Waals surface area contributed by atoms with E-state index in [1.807, 2.05) is 29.5 Å². The summed E-state index contributed by atoms with van der Waals surface area (Å²) in [5.41, 5.74) is 0.103. The van der Waals surface area contributed by atoms with Gasteiger partial charge in [0.05, 0.1) is 17.2 Å². The highest BCUT2D eigenvalue weighted by Gasteiger charge is 2.21. The van der Waals surface area contributed by atoms with Crippen molar-refractivity contribution in [1.82, 2.24) is 0 Å². The van der Waals surface area contributed by atoms with Crippen LogP contribution in [0.25, 0.3) is 0 Å². The Labute approximate surface area is 113 Å². The third-order valence-corrected chi connectivity index (χ3v) is 3.23. The van der Waals surface area contributed by atoms with Gasteiger partial charge in [-0.05, 0) is 48.1 Å². The van der Waals surface area contributed by atoms with Gasteiger partial charge in [-0.1, -0.05) is 13.0 Å². The van der Waals surface area contributed by atoms with Crippen molar-refractivity contribution in [2.24, 2.45) is 0 Å². The molecule has 0 aliphatic carbocycles. The molecule has 1 N–H and O–H groups in total. The lowest BCUT2D eigenvalue weighted by Crippen LogP contribution is -2.17. The molecule has 0 aromatic heterocycles. The summed E-state index contributed by atoms with van der Waals surface area (Å²) in [4.78, 5) is 22.9. The third-order valence-electron chi connectivity index (χ3n) is 2.33. The number of halogens is 1. The lowest BCUT2D eigenvalue weighted by Gasteiger charge is -2.12. The second-order valence-electron chi connectivity index (χ2n) is 3.59. The van der Waals surface area contributed by atoms with Crippen molar-refractivity contribution in [3.8, 4) is 0 Å². The average molecular weight is 348 g/mol. The number of carbonyl (C=O) groups is 2. The van der Waals surface area contributed by atoms with Gasteiger partial charge in [0, 0.05) is 3.57 Å². The molecule has 0 saturated carbocycles. The Hall–Kier alpha value is -1.11. The molecule has 0 aliphatic heterocycles. The number of hydrogen-bond donors (Lipinski definition) is 1. The van der Waals surface area contributed by atoms with Gasteiger partial charge in [0.25, 0.3) is 0 Å². The summed E-state index contributed by atoms with van der Waals surface area (Å²) in [6.07, 6.45) is 0.472. The van der Waals surface area contributed by atoms with E-state index >= 15 is 0 Å². The van der Waals surface area contributed by atoms with E-state index in [0.29, 0.717) is 9.99 Å². The van der Waals surface area contributed by atoms with Gasteiger partial charge >= 0.3 is 11.9 Å². The molecule has 0 radical (unpaired) electrons. The zero-order valence-electron chi connectivity index (χ0n) is 9.57. The first kappa shape index (κ1) is 14.0. The quantitative estimate of drug-likeness (QED) is 0.671. The second kappa shape index (κ2) is 6.00. The maximum absolute atomic E-state index is 11.8. The number of hydrogen-bond acceptors (Lipinski definition) is 3. The summed E-state index contributed by atoms with van der Waals surface area (Å²) < 4.78 is 5.65. The summed E-state index contributed by atoms with van der Waals surface area (Å²) in [6.45, 7) is 3.66. The lowest BCUT2D eigenvalue weighted by molar-refractivity contribution is 0.0328. The molecule has 0 aliphatic rings. The summed E-state index contributed by atoms with van der Waals surface area (Å²) in [5.74, 6) is -1.71. The van der Waals surface area contributed by atoms with E-state index in [9.17, 15) is 9.59 Å². The molecule has 1 atom stereocenters. The first-order valence-corrected chi connectivity index (χ1v) is 6.28. The fourth-order valence-electron chi connectivity index (χ4n) is 1.24. The van der Waals surface area contributed by atoms with Crippen LogP contribution in [0.3, 0.4) is 0 Å². The van der Waals surface area contributed by atoms with E-state index in [1.54, 1.807) is 19.1 Å². The van der Waals surface area contributed by atoms with Gasteiger partial charge in [0.2, 0.25) is 0 Å². The molecule has 1 unspecified atom stereocenters. The van der Waals surface area contributed by atoms with Gasteiger partial charge in [-0.15, -0.1) is 0 Å². The lowest BCUT2D eigenvalue weighted by atomic mass is 10.1. The number of rotatable bonds is 4. The normalized spacial score (nSPS) is 11.9. The minimum absolute atomic E-state index is 0.00130. The molecule has 1 rings (SSSR count). The summed E-state index contributed by atoms with van der Waals surface area (Å²) >= 11 is 1.89. The Kier molecular flexibility index (Phi) is 4.92. The van der Waals surface area contributed by atoms with Crippen molar-refractivity contribution < 1.29 is 19.4 Å². The van der Waals surface area contributed by atoms with Crippen LogP contribution in [0.4, 0.5) is 0 Å². The highest BCUT2D eigenvalue weighted by molar-refractivity contribution is 14.1. The molecule has 4 nitrogen and oxygen atoms in total. The minimum atomic E-state index is -1.12. The number of carboxylic acids is 1. The Morgan fingerprint density at radius 1 is 1.47 bits per heavy atom. The maximum Gasteiger partial charge on any atom is 0.339 e. The molecule has 1 aromatic rings. The zero-order valence-corrected chi connectivity index (χ0v) is 11.7. The van der Waals surface area contributed by atoms with Gasteiger partial charge in [-0.2, -0.15) is 0 Å². The number of aromatic carboxylic acids is 1. The third kappa shape index (κ3) is 3.42. The van der Waals surface area contributed by atoms with Crippen molar-refractivity contribution in [3.63, 3.8) is 0 Å². The van der Waals surface area contributed by atoms with Crippen LogP contribution in [0, 0.1) is 3.57 Å². The summed E-state index contributed by atoms with van der Waals surface area (Å²) in [6, 6.07) is 4.75. The van der Waals surface area contributed by atoms with Crippen LogP contribution in [-0.2, 0) is 4.74 Å². The Morgan fingerprint density at radius 3 is 2.65 bits per heavy atom. The van der Waals surface area contributed by atoms with Crippen LogP contribution in [-0.4, -0.2) is 23.1 Å². The fraction of sp³-hybridized carbons (Fsp3) is 0.333. The predicted molar refractivity (Wildman–Crippen MR) is 71.3 cm³/mol. The maximum atomic E-state index is 11.8. The van der Waals surface area contributed by atoms with Crippen molar-refractivity contribution in [2.45, 2.75) is 26.4 Å². The van der Waals surface area contributed by atoms with Gasteiger partial charge in [-0.3, -0.25) is 0 Å². The van der Waals surface area contributed by atoms with Crippen molar-refractivity contribution in [2.75, 3.05) is 0 Å². The Balaban J connectivity index is 3.09. The standard InChI is InChI=1S/C12H13IO4/c1-3-7(2)17-12(16)8-5-4-6-9(13)10(8)11(14)15/h4-7H,3H2,1-2H3,(H,14,15). The van der Waals surface area contributed by atoms with Crippen molar-refractivity contribution >= 4 is 34.5 Å². The molecular weight excluding hydrogens is 335 g/mol. The Bertz CT molecular complexity index is 442. The van der Waals surface area contributed by atoms with E-state index < -0.39 is 11.9 Å². The highest BCUT2D eigenvalue weighted by atomic mass is 127. The fourth-order valence-corrected chi connectivity index (χ4v) is 1.97. The number of esters is 1. The van der Waals surface area contributed by atoms with Gasteiger partial charge in [-0.25, -0.2) is 9.59 Å². The number of ether oxygens (including phenoxy) is 1. The first-order valence-electron chi connectivity index (χ1n) is 5.20. The SMILES string of the molecule is CCC(C)OC(=O)c1cccc(I)c1C(=O)O. The smallest absolute Gasteiger partial charge is 0.339 e. The van der Waals surface area contributed by atoms with Crippen LogP contribution < -0.4 is 0 Å². The molecule has 5 heteroatoms. The van der Waals surface area contributed by atoms with Crippen LogP contribution in [0.15, 0.2) is 18.2 Å². The first-order chi connectivity index (χ1) is 7.97. The van der Waals surface area contributed by atoms with Crippen LogP contribution in [0.5, 0.6) is 0 Å². The Morgan fingerprint density at radius 2 is 2.12 bits per heavy atom. The highest BCUT2D eigenvalue weighted by Crippen LogP contribution is 2.18. The molecule has 0 saturated heterocycles. The van der Waals surface area contributed by atoms with E-state index in [0.717, 1.165) is 0 Å². The molecule has 0 fully saturated rings. The topological polar surface area (TPSA) is 63.6 Å². The number of carbonyl (C=O) groups excluding carboxylic acids is 1. The van der Waals surface area contributed by atoms with Crippen LogP contribution in [0.2, 0.25) is 0 Å².